The zero-order valence-corrected chi connectivity index (χ0v) is 19.0. The van der Waals surface area contributed by atoms with Gasteiger partial charge in [0.2, 0.25) is 5.95 Å². The van der Waals surface area contributed by atoms with Crippen LogP contribution >= 0.6 is 11.6 Å². The minimum absolute atomic E-state index is 0.339. The lowest BCUT2D eigenvalue weighted by atomic mass is 9.73. The van der Waals surface area contributed by atoms with Crippen LogP contribution in [0.15, 0.2) is 72.8 Å². The zero-order valence-electron chi connectivity index (χ0n) is 18.3. The first-order valence-electron chi connectivity index (χ1n) is 11.2. The van der Waals surface area contributed by atoms with Crippen molar-refractivity contribution < 1.29 is 14.3 Å². The third kappa shape index (κ3) is 4.27. The number of benzene rings is 3. The minimum Gasteiger partial charge on any atom is -0.478 e. The fourth-order valence-electron chi connectivity index (χ4n) is 4.48. The highest BCUT2D eigenvalue weighted by Gasteiger charge is 2.28. The number of aromatic nitrogens is 2. The number of carboxylic acid groups (broad SMARTS) is 1. The Labute approximate surface area is 201 Å². The van der Waals surface area contributed by atoms with Crippen molar-refractivity contribution in [2.24, 2.45) is 5.92 Å². The Hall–Kier alpha value is -3.70. The summed E-state index contributed by atoms with van der Waals surface area (Å²) in [7, 11) is 0. The van der Waals surface area contributed by atoms with Gasteiger partial charge in [-0.05, 0) is 76.4 Å². The van der Waals surface area contributed by atoms with E-state index < -0.39 is 11.9 Å². The molecule has 1 aliphatic rings. The molecular formula is C28H22ClFN2O2. The van der Waals surface area contributed by atoms with Crippen molar-refractivity contribution in [2.75, 3.05) is 0 Å². The van der Waals surface area contributed by atoms with E-state index in [1.165, 1.54) is 0 Å². The average Bonchev–Trinajstić information content (AvgIpc) is 3.17. The molecule has 0 aliphatic heterocycles. The van der Waals surface area contributed by atoms with E-state index in [1.54, 1.807) is 6.08 Å². The van der Waals surface area contributed by atoms with E-state index in [9.17, 15) is 9.18 Å². The van der Waals surface area contributed by atoms with Gasteiger partial charge < -0.3 is 5.11 Å². The topological polar surface area (TPSA) is 66.0 Å². The predicted molar refractivity (Wildman–Crippen MR) is 134 cm³/mol. The van der Waals surface area contributed by atoms with Crippen LogP contribution in [0.5, 0.6) is 0 Å². The van der Waals surface area contributed by atoms with Crippen LogP contribution in [0.2, 0.25) is 5.02 Å². The number of nitrogens with zero attached hydrogens (tertiary/aromatic N) is 1. The molecule has 4 nitrogen and oxygen atoms in total. The van der Waals surface area contributed by atoms with Crippen molar-refractivity contribution >= 4 is 45.7 Å². The van der Waals surface area contributed by atoms with Gasteiger partial charge in [0, 0.05) is 11.1 Å². The highest BCUT2D eigenvalue weighted by Crippen LogP contribution is 2.47. The van der Waals surface area contributed by atoms with Crippen molar-refractivity contribution in [3.8, 4) is 0 Å². The molecular weight excluding hydrogens is 451 g/mol. The molecule has 0 atom stereocenters. The van der Waals surface area contributed by atoms with E-state index in [0.29, 0.717) is 21.8 Å². The van der Waals surface area contributed by atoms with Crippen LogP contribution in [0.3, 0.4) is 0 Å². The van der Waals surface area contributed by atoms with Gasteiger partial charge in [0.1, 0.15) is 0 Å². The van der Waals surface area contributed by atoms with E-state index in [1.807, 2.05) is 66.7 Å². The third-order valence-electron chi connectivity index (χ3n) is 6.37. The second-order valence-electron chi connectivity index (χ2n) is 8.46. The average molecular weight is 473 g/mol. The number of aromatic amines is 1. The van der Waals surface area contributed by atoms with Crippen LogP contribution in [0.25, 0.3) is 28.1 Å². The van der Waals surface area contributed by atoms with Crippen molar-refractivity contribution in [1.29, 1.82) is 0 Å². The molecule has 0 radical (unpaired) electrons. The number of hydrogen-bond acceptors (Lipinski definition) is 2. The molecule has 170 valence electrons. The van der Waals surface area contributed by atoms with Crippen LogP contribution in [-0.4, -0.2) is 21.3 Å². The van der Waals surface area contributed by atoms with E-state index in [0.717, 1.165) is 58.7 Å². The number of carbonyl (C=O) groups is 1. The van der Waals surface area contributed by atoms with Gasteiger partial charge >= 0.3 is 5.97 Å². The van der Waals surface area contributed by atoms with Crippen LogP contribution in [0.4, 0.5) is 4.39 Å². The summed E-state index contributed by atoms with van der Waals surface area (Å²) in [6.07, 6.45) is 5.95. The van der Waals surface area contributed by atoms with Crippen molar-refractivity contribution in [3.63, 3.8) is 0 Å². The van der Waals surface area contributed by atoms with Crippen LogP contribution in [-0.2, 0) is 4.79 Å². The zero-order chi connectivity index (χ0) is 23.7. The van der Waals surface area contributed by atoms with E-state index in [-0.39, 0.29) is 0 Å². The first-order chi connectivity index (χ1) is 16.5. The summed E-state index contributed by atoms with van der Waals surface area (Å²) in [5, 5.41) is 16.5. The number of fused-ring (bicyclic) bond motifs is 1. The van der Waals surface area contributed by atoms with Crippen LogP contribution < -0.4 is 0 Å². The molecule has 1 aliphatic carbocycles. The number of halogens is 2. The molecule has 1 aromatic heterocycles. The van der Waals surface area contributed by atoms with E-state index in [2.05, 4.69) is 10.2 Å². The number of carboxylic acids is 1. The lowest BCUT2D eigenvalue weighted by Crippen LogP contribution is -2.15. The van der Waals surface area contributed by atoms with Crippen molar-refractivity contribution in [1.82, 2.24) is 10.2 Å². The standard InChI is InChI=1S/C28H22ClFN2O2/c29-23-7-2-1-6-21(23)27(18-4-3-5-18)26(19-11-8-17(9-12-19)10-15-25(33)34)20-13-14-24-22(16-20)28(30)32-31-24/h1-2,6-16,18H,3-5H2,(H,31,32)(H,33,34)/b15-10+,27-26+. The normalized spacial score (nSPS) is 14.9. The van der Waals surface area contributed by atoms with Gasteiger partial charge in [-0.2, -0.15) is 4.39 Å². The van der Waals surface area contributed by atoms with E-state index >= 15 is 0 Å². The minimum atomic E-state index is -0.994. The Morgan fingerprint density at radius 3 is 2.47 bits per heavy atom. The second kappa shape index (κ2) is 9.27. The Balaban J connectivity index is 1.76. The summed E-state index contributed by atoms with van der Waals surface area (Å²) in [6, 6.07) is 21.2. The Bertz CT molecular complexity index is 1430. The second-order valence-corrected chi connectivity index (χ2v) is 8.87. The first kappa shape index (κ1) is 22.1. The van der Waals surface area contributed by atoms with Crippen molar-refractivity contribution in [2.45, 2.75) is 19.3 Å². The summed E-state index contributed by atoms with van der Waals surface area (Å²) >= 11 is 6.69. The van der Waals surface area contributed by atoms with Gasteiger partial charge in [0.15, 0.2) is 0 Å². The number of aliphatic carboxylic acids is 1. The number of nitrogens with one attached hydrogen (secondary N) is 1. The summed E-state index contributed by atoms with van der Waals surface area (Å²) in [5.74, 6) is -1.19. The molecule has 2 N–H and O–H groups in total. The summed E-state index contributed by atoms with van der Waals surface area (Å²) in [5.41, 5.74) is 6.37. The van der Waals surface area contributed by atoms with Crippen molar-refractivity contribution in [3.05, 3.63) is 106 Å². The number of H-pyrrole nitrogens is 1. The number of rotatable bonds is 6. The largest absolute Gasteiger partial charge is 0.478 e. The molecule has 0 unspecified atom stereocenters. The smallest absolute Gasteiger partial charge is 0.328 e. The molecule has 3 aromatic carbocycles. The molecule has 5 rings (SSSR count). The molecule has 1 saturated carbocycles. The van der Waals surface area contributed by atoms with Gasteiger partial charge in [-0.1, -0.05) is 66.6 Å². The lowest BCUT2D eigenvalue weighted by molar-refractivity contribution is -0.131. The SMILES string of the molecule is O=C(O)/C=C/c1ccc(/C(=C(\c2ccccc2Cl)C2CCC2)c2ccc3[nH]nc(F)c3c2)cc1. The monoisotopic (exact) mass is 472 g/mol. The highest BCUT2D eigenvalue weighted by molar-refractivity contribution is 6.32. The molecule has 0 bridgehead atoms. The number of allylic oxidation sites excluding steroid dienone is 1. The maximum Gasteiger partial charge on any atom is 0.328 e. The molecule has 34 heavy (non-hydrogen) atoms. The van der Waals surface area contributed by atoms with Crippen LogP contribution in [0.1, 0.15) is 41.5 Å². The van der Waals surface area contributed by atoms with Gasteiger partial charge in [0.25, 0.3) is 0 Å². The molecule has 1 heterocycles. The Kier molecular flexibility index (Phi) is 6.03. The van der Waals surface area contributed by atoms with Gasteiger partial charge in [0.05, 0.1) is 10.9 Å². The quantitative estimate of drug-likeness (QED) is 0.230. The lowest BCUT2D eigenvalue weighted by Gasteiger charge is -2.32. The first-order valence-corrected chi connectivity index (χ1v) is 11.5. The van der Waals surface area contributed by atoms with Gasteiger partial charge in [-0.3, -0.25) is 5.10 Å². The molecule has 1 fully saturated rings. The molecule has 6 heteroatoms. The summed E-state index contributed by atoms with van der Waals surface area (Å²) < 4.78 is 14.4. The Morgan fingerprint density at radius 2 is 1.79 bits per heavy atom. The van der Waals surface area contributed by atoms with Gasteiger partial charge in [-0.15, -0.1) is 5.10 Å². The third-order valence-corrected chi connectivity index (χ3v) is 6.70. The fraction of sp³-hybridized carbons (Fsp3) is 0.143. The highest BCUT2D eigenvalue weighted by atomic mass is 35.5. The molecule has 0 amide bonds. The predicted octanol–water partition coefficient (Wildman–Crippen LogP) is 7.21. The molecule has 0 saturated heterocycles. The number of hydrogen-bond donors (Lipinski definition) is 2. The molecule has 4 aromatic rings. The fourth-order valence-corrected chi connectivity index (χ4v) is 4.72. The summed E-state index contributed by atoms with van der Waals surface area (Å²) in [4.78, 5) is 10.9. The van der Waals surface area contributed by atoms with Gasteiger partial charge in [-0.25, -0.2) is 4.79 Å². The summed E-state index contributed by atoms with van der Waals surface area (Å²) in [6.45, 7) is 0. The van der Waals surface area contributed by atoms with E-state index in [4.69, 9.17) is 16.7 Å². The van der Waals surface area contributed by atoms with Crippen LogP contribution in [0, 0.1) is 11.9 Å². The Morgan fingerprint density at radius 1 is 1.06 bits per heavy atom. The maximum atomic E-state index is 14.4. The molecule has 0 spiro atoms. The maximum absolute atomic E-state index is 14.4.